The van der Waals surface area contributed by atoms with Gasteiger partial charge in [0.2, 0.25) is 0 Å². The van der Waals surface area contributed by atoms with E-state index in [9.17, 15) is 5.11 Å². The van der Waals surface area contributed by atoms with Crippen LogP contribution < -0.4 is 0 Å². The Hall–Kier alpha value is -0.200. The van der Waals surface area contributed by atoms with E-state index in [1.807, 2.05) is 19.2 Å². The van der Waals surface area contributed by atoms with E-state index in [0.29, 0.717) is 5.88 Å². The minimum absolute atomic E-state index is 0.496. The quantitative estimate of drug-likeness (QED) is 0.842. The molecule has 1 aromatic rings. The molecule has 0 aliphatic carbocycles. The fourth-order valence-corrected chi connectivity index (χ4v) is 3.39. The normalized spacial score (nSPS) is 18.9. The van der Waals surface area contributed by atoms with E-state index in [0.717, 1.165) is 50.0 Å². The summed E-state index contributed by atoms with van der Waals surface area (Å²) >= 11 is 7.45. The molecule has 1 aromatic heterocycles. The molecule has 0 atom stereocenters. The summed E-state index contributed by atoms with van der Waals surface area (Å²) in [6.45, 7) is 9.48. The van der Waals surface area contributed by atoms with Crippen LogP contribution in [0.1, 0.15) is 24.5 Å². The molecule has 1 aliphatic rings. The minimum Gasteiger partial charge on any atom is -0.389 e. The molecular formula is C13H22ClN3OS. The van der Waals surface area contributed by atoms with E-state index < -0.39 is 5.60 Å². The molecular weight excluding hydrogens is 282 g/mol. The topological polar surface area (TPSA) is 39.6 Å². The van der Waals surface area contributed by atoms with Crippen LogP contribution >= 0.6 is 22.9 Å². The monoisotopic (exact) mass is 303 g/mol. The van der Waals surface area contributed by atoms with Crippen molar-refractivity contribution in [1.29, 1.82) is 0 Å². The number of aliphatic hydroxyl groups is 1. The Kier molecular flexibility index (Phi) is 5.20. The molecule has 0 saturated carbocycles. The van der Waals surface area contributed by atoms with Crippen molar-refractivity contribution >= 4 is 22.9 Å². The SMILES string of the molecule is CC(C)(O)CN1CCN(Cc2nc(CCl)cs2)CC1. The van der Waals surface area contributed by atoms with Gasteiger partial charge in [0.1, 0.15) is 5.01 Å². The van der Waals surface area contributed by atoms with Crippen LogP contribution in [0.15, 0.2) is 5.38 Å². The zero-order valence-corrected chi connectivity index (χ0v) is 13.2. The third kappa shape index (κ3) is 5.00. The molecule has 0 amide bonds. The van der Waals surface area contributed by atoms with Crippen LogP contribution in [0.4, 0.5) is 0 Å². The van der Waals surface area contributed by atoms with Crippen LogP contribution in [0.3, 0.4) is 0 Å². The Labute approximate surface area is 124 Å². The third-order valence-corrected chi connectivity index (χ3v) is 4.33. The van der Waals surface area contributed by atoms with Gasteiger partial charge in [-0.15, -0.1) is 22.9 Å². The molecule has 6 heteroatoms. The van der Waals surface area contributed by atoms with E-state index >= 15 is 0 Å². The van der Waals surface area contributed by atoms with E-state index in [1.54, 1.807) is 11.3 Å². The molecule has 1 aliphatic heterocycles. The highest BCUT2D eigenvalue weighted by molar-refractivity contribution is 7.09. The maximum Gasteiger partial charge on any atom is 0.107 e. The van der Waals surface area contributed by atoms with Crippen molar-refractivity contribution < 1.29 is 5.11 Å². The summed E-state index contributed by atoms with van der Waals surface area (Å²) < 4.78 is 0. The van der Waals surface area contributed by atoms with Crippen LogP contribution in [0, 0.1) is 0 Å². The molecule has 0 unspecified atom stereocenters. The summed E-state index contributed by atoms with van der Waals surface area (Å²) in [4.78, 5) is 9.23. The second kappa shape index (κ2) is 6.50. The summed E-state index contributed by atoms with van der Waals surface area (Å²) in [7, 11) is 0. The van der Waals surface area contributed by atoms with Crippen LogP contribution in [0.5, 0.6) is 0 Å². The van der Waals surface area contributed by atoms with Gasteiger partial charge in [0.25, 0.3) is 0 Å². The van der Waals surface area contributed by atoms with Crippen molar-refractivity contribution in [2.75, 3.05) is 32.7 Å². The molecule has 2 rings (SSSR count). The molecule has 1 N–H and O–H groups in total. The summed E-state index contributed by atoms with van der Waals surface area (Å²) in [6.07, 6.45) is 0. The zero-order valence-electron chi connectivity index (χ0n) is 11.6. The summed E-state index contributed by atoms with van der Waals surface area (Å²) in [6, 6.07) is 0. The van der Waals surface area contributed by atoms with Crippen molar-refractivity contribution in [3.63, 3.8) is 0 Å². The molecule has 108 valence electrons. The van der Waals surface area contributed by atoms with Gasteiger partial charge in [-0.2, -0.15) is 0 Å². The Morgan fingerprint density at radius 2 is 1.95 bits per heavy atom. The number of nitrogens with zero attached hydrogens (tertiary/aromatic N) is 3. The second-order valence-corrected chi connectivity index (χ2v) is 6.94. The Bertz CT molecular complexity index is 397. The standard InChI is InChI=1S/C13H22ClN3OS/c1-13(2,18)10-17-5-3-16(4-6-17)8-12-15-11(7-14)9-19-12/h9,18H,3-8,10H2,1-2H3. The molecule has 0 aromatic carbocycles. The van der Waals surface area contributed by atoms with Crippen LogP contribution in [0.25, 0.3) is 0 Å². The first-order valence-corrected chi connectivity index (χ1v) is 8.04. The lowest BCUT2D eigenvalue weighted by molar-refractivity contribution is 0.0166. The first-order valence-electron chi connectivity index (χ1n) is 6.62. The van der Waals surface area contributed by atoms with Gasteiger partial charge in [0.15, 0.2) is 0 Å². The summed E-state index contributed by atoms with van der Waals surface area (Å²) in [5.41, 5.74) is 0.370. The molecule has 19 heavy (non-hydrogen) atoms. The summed E-state index contributed by atoms with van der Waals surface area (Å²) in [5, 5.41) is 13.0. The molecule has 1 saturated heterocycles. The van der Waals surface area contributed by atoms with Gasteiger partial charge in [-0.1, -0.05) is 0 Å². The number of halogens is 1. The average molecular weight is 304 g/mol. The maximum absolute atomic E-state index is 9.82. The molecule has 2 heterocycles. The number of alkyl halides is 1. The van der Waals surface area contributed by atoms with Crippen LogP contribution in [-0.2, 0) is 12.4 Å². The maximum atomic E-state index is 9.82. The van der Waals surface area contributed by atoms with E-state index in [-0.39, 0.29) is 0 Å². The first-order chi connectivity index (χ1) is 8.96. The van der Waals surface area contributed by atoms with Crippen LogP contribution in [-0.4, -0.2) is 58.2 Å². The largest absolute Gasteiger partial charge is 0.389 e. The number of aromatic nitrogens is 1. The average Bonchev–Trinajstić information content (AvgIpc) is 2.77. The number of β-amino-alcohol motifs (C(OH)–C–C–N with tert-alkyl or cyclic N) is 1. The lowest BCUT2D eigenvalue weighted by Crippen LogP contribution is -2.50. The van der Waals surface area contributed by atoms with Gasteiger partial charge in [0, 0.05) is 38.1 Å². The molecule has 0 spiro atoms. The third-order valence-electron chi connectivity index (χ3n) is 3.17. The Morgan fingerprint density at radius 3 is 2.47 bits per heavy atom. The summed E-state index contributed by atoms with van der Waals surface area (Å²) in [5.74, 6) is 0.496. The van der Waals surface area contributed by atoms with Crippen molar-refractivity contribution in [2.24, 2.45) is 0 Å². The van der Waals surface area contributed by atoms with Gasteiger partial charge < -0.3 is 5.11 Å². The zero-order chi connectivity index (χ0) is 13.9. The van der Waals surface area contributed by atoms with E-state index in [4.69, 9.17) is 11.6 Å². The lowest BCUT2D eigenvalue weighted by atomic mass is 10.1. The first kappa shape index (κ1) is 15.2. The molecule has 0 bridgehead atoms. The molecule has 4 nitrogen and oxygen atoms in total. The number of thiazole rings is 1. The predicted octanol–water partition coefficient (Wildman–Crippen LogP) is 1.77. The van der Waals surface area contributed by atoms with Gasteiger partial charge in [-0.3, -0.25) is 9.80 Å². The second-order valence-electron chi connectivity index (χ2n) is 5.73. The molecule has 1 fully saturated rings. The van der Waals surface area contributed by atoms with Gasteiger partial charge in [0.05, 0.1) is 23.7 Å². The van der Waals surface area contributed by atoms with Crippen molar-refractivity contribution in [1.82, 2.24) is 14.8 Å². The number of hydrogen-bond acceptors (Lipinski definition) is 5. The predicted molar refractivity (Wildman–Crippen MR) is 79.7 cm³/mol. The number of rotatable bonds is 5. The smallest absolute Gasteiger partial charge is 0.107 e. The number of piperazine rings is 1. The highest BCUT2D eigenvalue weighted by Crippen LogP contribution is 2.15. The fraction of sp³-hybridized carbons (Fsp3) is 0.769. The van der Waals surface area contributed by atoms with Crippen molar-refractivity contribution in [3.05, 3.63) is 16.1 Å². The number of hydrogen-bond donors (Lipinski definition) is 1. The van der Waals surface area contributed by atoms with E-state index in [1.165, 1.54) is 0 Å². The van der Waals surface area contributed by atoms with Crippen molar-refractivity contribution in [2.45, 2.75) is 31.9 Å². The molecule has 0 radical (unpaired) electrons. The van der Waals surface area contributed by atoms with Crippen molar-refractivity contribution in [3.8, 4) is 0 Å². The highest BCUT2D eigenvalue weighted by atomic mass is 35.5. The Morgan fingerprint density at radius 1 is 1.32 bits per heavy atom. The van der Waals surface area contributed by atoms with E-state index in [2.05, 4.69) is 14.8 Å². The van der Waals surface area contributed by atoms with Gasteiger partial charge in [-0.05, 0) is 13.8 Å². The minimum atomic E-state index is -0.604. The fourth-order valence-electron chi connectivity index (χ4n) is 2.33. The van der Waals surface area contributed by atoms with Gasteiger partial charge >= 0.3 is 0 Å². The van der Waals surface area contributed by atoms with Crippen LogP contribution in [0.2, 0.25) is 0 Å². The lowest BCUT2D eigenvalue weighted by Gasteiger charge is -2.36. The highest BCUT2D eigenvalue weighted by Gasteiger charge is 2.23. The van der Waals surface area contributed by atoms with Gasteiger partial charge in [-0.25, -0.2) is 4.98 Å². The Balaban J connectivity index is 1.77.